The molecule has 0 aromatic carbocycles. The summed E-state index contributed by atoms with van der Waals surface area (Å²) in [5.41, 5.74) is 0. The van der Waals surface area contributed by atoms with E-state index < -0.39 is 0 Å². The van der Waals surface area contributed by atoms with Crippen LogP contribution in [0.5, 0.6) is 0 Å². The average molecular weight is 147 g/mol. The lowest BCUT2D eigenvalue weighted by atomic mass is 10.2. The maximum atomic E-state index is 8.45. The Morgan fingerprint density at radius 1 is 1.20 bits per heavy atom. The Labute approximate surface area is 65.1 Å². The molecule has 0 aliphatic rings. The molecule has 0 aromatic rings. The highest BCUT2D eigenvalue weighted by molar-refractivity contribution is 4.45. The Morgan fingerprint density at radius 3 is 2.50 bits per heavy atom. The summed E-state index contributed by atoms with van der Waals surface area (Å²) in [4.78, 5) is 0. The third-order valence-electron chi connectivity index (χ3n) is 1.51. The van der Waals surface area contributed by atoms with Crippen molar-refractivity contribution < 1.29 is 6.53 Å². The predicted molar refractivity (Wildman–Crippen MR) is 46.2 cm³/mol. The molecule has 2 heteroatoms. The van der Waals surface area contributed by atoms with Crippen LogP contribution in [0.15, 0.2) is 0 Å². The quantitative estimate of drug-likeness (QED) is 0.533. The fraction of sp³-hybridized carbons (Fsp3) is 1.00. The van der Waals surface area contributed by atoms with E-state index in [2.05, 4.69) is 12.2 Å². The zero-order chi connectivity index (χ0) is 7.66. The van der Waals surface area contributed by atoms with Crippen molar-refractivity contribution in [3.63, 3.8) is 0 Å². The number of aliphatic hydroxyl groups excluding tert-OH is 1. The molecule has 10 heavy (non-hydrogen) atoms. The van der Waals surface area contributed by atoms with Crippen molar-refractivity contribution in [3.8, 4) is 0 Å². The first kappa shape index (κ1) is 9.92. The molecule has 0 unspecified atom stereocenters. The van der Waals surface area contributed by atoms with Gasteiger partial charge >= 0.3 is 0 Å². The number of hydrogen-bond donors (Lipinski definition) is 2. The van der Waals surface area contributed by atoms with E-state index in [1.54, 1.807) is 0 Å². The van der Waals surface area contributed by atoms with Gasteiger partial charge in [0, 0.05) is 8.03 Å². The van der Waals surface area contributed by atoms with Gasteiger partial charge in [-0.05, 0) is 25.9 Å². The highest BCUT2D eigenvalue weighted by Crippen LogP contribution is 1.96. The minimum Gasteiger partial charge on any atom is -0.396 e. The summed E-state index contributed by atoms with van der Waals surface area (Å²) in [5, 5.41) is 11.7. The number of unbranched alkanes of at least 4 members (excludes halogenated alkanes) is 3. The summed E-state index contributed by atoms with van der Waals surface area (Å²) in [6.07, 6.45) is 4.62. The Hall–Kier alpha value is -0.0800. The van der Waals surface area contributed by atoms with E-state index in [0.717, 1.165) is 19.5 Å². The highest BCUT2D eigenvalue weighted by Gasteiger charge is 1.87. The van der Waals surface area contributed by atoms with Crippen LogP contribution in [0, 0.1) is 0 Å². The molecule has 0 bridgehead atoms. The van der Waals surface area contributed by atoms with Crippen LogP contribution in [0.25, 0.3) is 0 Å². The first-order valence-corrected chi connectivity index (χ1v) is 4.23. The molecule has 0 atom stereocenters. The van der Waals surface area contributed by atoms with Crippen LogP contribution in [0.4, 0.5) is 0 Å². The van der Waals surface area contributed by atoms with E-state index in [0.29, 0.717) is 6.61 Å². The van der Waals surface area contributed by atoms with Gasteiger partial charge in [-0.15, -0.1) is 0 Å². The Bertz CT molecular complexity index is 54.1. The maximum Gasteiger partial charge on any atom is 0.0431 e. The minimum atomic E-state index is 0. The molecule has 0 saturated heterocycles. The van der Waals surface area contributed by atoms with Crippen molar-refractivity contribution in [2.45, 2.75) is 32.6 Å². The van der Waals surface area contributed by atoms with Gasteiger partial charge in [-0.25, -0.2) is 0 Å². The van der Waals surface area contributed by atoms with E-state index in [-0.39, 0.29) is 1.43 Å². The number of hydrogen-bond acceptors (Lipinski definition) is 2. The molecule has 64 valence electrons. The summed E-state index contributed by atoms with van der Waals surface area (Å²) in [6.45, 7) is 4.66. The second-order valence-corrected chi connectivity index (χ2v) is 2.49. The summed E-state index contributed by atoms with van der Waals surface area (Å²) in [7, 11) is 0. The molecule has 0 heterocycles. The van der Waals surface area contributed by atoms with E-state index in [9.17, 15) is 0 Å². The first-order chi connectivity index (χ1) is 4.91. The van der Waals surface area contributed by atoms with E-state index in [1.165, 1.54) is 19.3 Å². The van der Waals surface area contributed by atoms with Crippen molar-refractivity contribution in [1.82, 2.24) is 5.32 Å². The largest absolute Gasteiger partial charge is 0.396 e. The minimum absolute atomic E-state index is 0. The Kier molecular flexibility index (Phi) is 8.85. The fourth-order valence-corrected chi connectivity index (χ4v) is 0.892. The molecule has 0 radical (unpaired) electrons. The summed E-state index contributed by atoms with van der Waals surface area (Å²) in [6, 6.07) is 0. The smallest absolute Gasteiger partial charge is 0.0431 e. The number of aliphatic hydroxyl groups is 1. The van der Waals surface area contributed by atoms with Crippen molar-refractivity contribution in [2.75, 3.05) is 19.7 Å². The van der Waals surface area contributed by atoms with Gasteiger partial charge in [0.05, 0.1) is 0 Å². The van der Waals surface area contributed by atoms with Crippen LogP contribution in [0.1, 0.15) is 34.0 Å². The van der Waals surface area contributed by atoms with Crippen LogP contribution in [0.2, 0.25) is 0 Å². The van der Waals surface area contributed by atoms with E-state index >= 15 is 0 Å². The molecule has 0 rings (SSSR count). The van der Waals surface area contributed by atoms with Crippen molar-refractivity contribution >= 4 is 0 Å². The topological polar surface area (TPSA) is 32.3 Å². The van der Waals surface area contributed by atoms with Crippen molar-refractivity contribution in [3.05, 3.63) is 0 Å². The van der Waals surface area contributed by atoms with Gasteiger partial charge in [0.1, 0.15) is 0 Å². The van der Waals surface area contributed by atoms with Crippen LogP contribution in [0.3, 0.4) is 0 Å². The third-order valence-corrected chi connectivity index (χ3v) is 1.51. The second-order valence-electron chi connectivity index (χ2n) is 2.49. The van der Waals surface area contributed by atoms with Gasteiger partial charge in [-0.2, -0.15) is 0 Å². The third kappa shape index (κ3) is 7.92. The first-order valence-electron chi connectivity index (χ1n) is 4.23. The van der Waals surface area contributed by atoms with Crippen LogP contribution in [-0.2, 0) is 0 Å². The Balaban J connectivity index is 0. The van der Waals surface area contributed by atoms with Gasteiger partial charge in [0.25, 0.3) is 0 Å². The zero-order valence-corrected chi connectivity index (χ0v) is 6.90. The number of nitrogens with one attached hydrogen (secondary N) is 1. The lowest BCUT2D eigenvalue weighted by molar-refractivity contribution is 0.282. The normalized spacial score (nSPS) is 10.2. The summed E-state index contributed by atoms with van der Waals surface area (Å²) < 4.78 is 0. The zero-order valence-electron chi connectivity index (χ0n) is 6.90. The maximum absolute atomic E-state index is 8.45. The van der Waals surface area contributed by atoms with Gasteiger partial charge in [0.2, 0.25) is 0 Å². The number of rotatable bonds is 7. The molecule has 0 aliphatic carbocycles. The molecule has 0 aliphatic heterocycles. The monoisotopic (exact) mass is 147 g/mol. The van der Waals surface area contributed by atoms with Gasteiger partial charge in [-0.3, -0.25) is 0 Å². The summed E-state index contributed by atoms with van der Waals surface area (Å²) >= 11 is 0. The van der Waals surface area contributed by atoms with Crippen LogP contribution in [-0.4, -0.2) is 24.8 Å². The van der Waals surface area contributed by atoms with Crippen LogP contribution < -0.4 is 5.32 Å². The van der Waals surface area contributed by atoms with E-state index in [1.807, 2.05) is 0 Å². The molecule has 0 saturated carbocycles. The average Bonchev–Trinajstić information content (AvgIpc) is 1.97. The standard InChI is InChI=1S/C8H19NO.H2/c1-2-9-7-5-3-4-6-8-10;/h9-10H,2-8H2,1H3;1H. The van der Waals surface area contributed by atoms with Crippen molar-refractivity contribution in [2.24, 2.45) is 0 Å². The molecule has 2 N–H and O–H groups in total. The fourth-order valence-electron chi connectivity index (χ4n) is 0.892. The van der Waals surface area contributed by atoms with Gasteiger partial charge in [0.15, 0.2) is 0 Å². The summed E-state index contributed by atoms with van der Waals surface area (Å²) in [5.74, 6) is 0. The lowest BCUT2D eigenvalue weighted by Gasteiger charge is -1.99. The molecule has 0 aromatic heterocycles. The second kappa shape index (κ2) is 8.92. The molecule has 0 spiro atoms. The molecule has 0 amide bonds. The molecule has 0 fully saturated rings. The molecular weight excluding hydrogens is 126 g/mol. The molecular formula is C8H21NO. The SMILES string of the molecule is CCNCCCCCCO.[HH]. The van der Waals surface area contributed by atoms with Gasteiger partial charge < -0.3 is 10.4 Å². The predicted octanol–water partition coefficient (Wildman–Crippen LogP) is 1.39. The van der Waals surface area contributed by atoms with Gasteiger partial charge in [-0.1, -0.05) is 19.8 Å². The highest BCUT2D eigenvalue weighted by atomic mass is 16.2. The Morgan fingerprint density at radius 2 is 1.90 bits per heavy atom. The van der Waals surface area contributed by atoms with Crippen molar-refractivity contribution in [1.29, 1.82) is 0 Å². The lowest BCUT2D eigenvalue weighted by Crippen LogP contribution is -2.13. The molecule has 2 nitrogen and oxygen atoms in total. The van der Waals surface area contributed by atoms with E-state index in [4.69, 9.17) is 5.11 Å². The van der Waals surface area contributed by atoms with Crippen LogP contribution >= 0.6 is 0 Å².